The van der Waals surface area contributed by atoms with Crippen LogP contribution in [0.15, 0.2) is 29.8 Å². The lowest BCUT2D eigenvalue weighted by atomic mass is 9.91. The summed E-state index contributed by atoms with van der Waals surface area (Å²) in [4.78, 5) is 0. The van der Waals surface area contributed by atoms with Crippen LogP contribution in [0.5, 0.6) is 5.75 Å². The number of ether oxygens (including phenoxy) is 1. The van der Waals surface area contributed by atoms with Crippen LogP contribution in [0, 0.1) is 11.3 Å². The van der Waals surface area contributed by atoms with Crippen molar-refractivity contribution in [1.29, 1.82) is 5.26 Å². The molecule has 74 valence electrons. The van der Waals surface area contributed by atoms with Crippen LogP contribution < -0.4 is 4.74 Å². The molecule has 0 aliphatic heterocycles. The van der Waals surface area contributed by atoms with Gasteiger partial charge in [0.2, 0.25) is 0 Å². The van der Waals surface area contributed by atoms with Crippen LogP contribution in [0.3, 0.4) is 0 Å². The van der Waals surface area contributed by atoms with E-state index >= 15 is 0 Å². The van der Waals surface area contributed by atoms with E-state index in [2.05, 4.69) is 18.2 Å². The lowest BCUT2D eigenvalue weighted by Crippen LogP contribution is -2.01. The van der Waals surface area contributed by atoms with Crippen LogP contribution in [0.4, 0.5) is 0 Å². The summed E-state index contributed by atoms with van der Waals surface area (Å²) in [5, 5.41) is 9.02. The summed E-state index contributed by atoms with van der Waals surface area (Å²) < 4.78 is 5.37. The molecule has 0 radical (unpaired) electrons. The molecule has 3 rings (SSSR count). The van der Waals surface area contributed by atoms with Gasteiger partial charge in [-0.25, -0.2) is 0 Å². The highest BCUT2D eigenvalue weighted by Crippen LogP contribution is 2.54. The monoisotopic (exact) mass is 197 g/mol. The van der Waals surface area contributed by atoms with E-state index in [0.717, 1.165) is 17.7 Å². The number of nitriles is 1. The Kier molecular flexibility index (Phi) is 1.63. The SMILES string of the molecule is COc1cccc2c1[C@H]1C[C@@H]2C=C1C#N. The van der Waals surface area contributed by atoms with Gasteiger partial charge in [0.1, 0.15) is 5.75 Å². The number of benzene rings is 1. The normalized spacial score (nSPS) is 25.7. The molecule has 0 saturated carbocycles. The average molecular weight is 197 g/mol. The molecule has 2 bridgehead atoms. The Morgan fingerprint density at radius 1 is 1.47 bits per heavy atom. The molecule has 0 fully saturated rings. The molecule has 0 amide bonds. The number of nitrogens with zero attached hydrogens (tertiary/aromatic N) is 1. The highest BCUT2D eigenvalue weighted by molar-refractivity contribution is 5.59. The summed E-state index contributed by atoms with van der Waals surface area (Å²) in [5.74, 6) is 1.65. The molecule has 0 N–H and O–H groups in total. The summed E-state index contributed by atoms with van der Waals surface area (Å²) in [5.41, 5.74) is 3.50. The van der Waals surface area contributed by atoms with E-state index in [1.54, 1.807) is 7.11 Å². The van der Waals surface area contributed by atoms with Gasteiger partial charge in [-0.15, -0.1) is 0 Å². The Balaban J connectivity index is 2.19. The van der Waals surface area contributed by atoms with E-state index in [-0.39, 0.29) is 5.92 Å². The predicted octanol–water partition coefficient (Wildman–Crippen LogP) is 2.73. The second kappa shape index (κ2) is 2.87. The van der Waals surface area contributed by atoms with Crippen molar-refractivity contribution in [1.82, 2.24) is 0 Å². The molecule has 0 aromatic heterocycles. The van der Waals surface area contributed by atoms with Crippen molar-refractivity contribution in [3.63, 3.8) is 0 Å². The fraction of sp³-hybridized carbons (Fsp3) is 0.308. The fourth-order valence-electron chi connectivity index (χ4n) is 2.82. The Morgan fingerprint density at radius 3 is 3.07 bits per heavy atom. The largest absolute Gasteiger partial charge is 0.496 e. The predicted molar refractivity (Wildman–Crippen MR) is 56.8 cm³/mol. The maximum Gasteiger partial charge on any atom is 0.122 e. The smallest absolute Gasteiger partial charge is 0.122 e. The zero-order chi connectivity index (χ0) is 10.4. The lowest BCUT2D eigenvalue weighted by molar-refractivity contribution is 0.408. The van der Waals surface area contributed by atoms with Crippen LogP contribution in [0.1, 0.15) is 29.4 Å². The molecule has 2 aliphatic carbocycles. The summed E-state index contributed by atoms with van der Waals surface area (Å²) in [6, 6.07) is 8.45. The van der Waals surface area contributed by atoms with Crippen molar-refractivity contribution in [3.8, 4) is 11.8 Å². The van der Waals surface area contributed by atoms with E-state index in [1.165, 1.54) is 11.1 Å². The standard InChI is InChI=1S/C13H11NO/c1-15-12-4-2-3-10-8-5-9(7-14)11(6-8)13(10)12/h2-5,8,11H,6H2,1H3/t8-,11-/m0/s1. The van der Waals surface area contributed by atoms with Gasteiger partial charge in [0.15, 0.2) is 0 Å². The topological polar surface area (TPSA) is 33.0 Å². The molecule has 0 saturated heterocycles. The van der Waals surface area contributed by atoms with Crippen molar-refractivity contribution < 1.29 is 4.74 Å². The maximum absolute atomic E-state index is 9.02. The lowest BCUT2D eigenvalue weighted by Gasteiger charge is -2.16. The zero-order valence-electron chi connectivity index (χ0n) is 8.53. The first-order valence-electron chi connectivity index (χ1n) is 5.13. The van der Waals surface area contributed by atoms with E-state index in [0.29, 0.717) is 5.92 Å². The maximum atomic E-state index is 9.02. The molecule has 1 aromatic rings. The highest BCUT2D eigenvalue weighted by Gasteiger charge is 2.39. The fourth-order valence-corrected chi connectivity index (χ4v) is 2.82. The van der Waals surface area contributed by atoms with Crippen molar-refractivity contribution in [2.24, 2.45) is 0 Å². The quantitative estimate of drug-likeness (QED) is 0.693. The molecule has 1 aromatic carbocycles. The third kappa shape index (κ3) is 0.979. The van der Waals surface area contributed by atoms with Crippen molar-refractivity contribution in [2.75, 3.05) is 7.11 Å². The number of fused-ring (bicyclic) bond motifs is 5. The Bertz CT molecular complexity index is 496. The second-order valence-corrected chi connectivity index (χ2v) is 4.09. The highest BCUT2D eigenvalue weighted by atomic mass is 16.5. The Morgan fingerprint density at radius 2 is 2.33 bits per heavy atom. The van der Waals surface area contributed by atoms with Crippen LogP contribution in [0.25, 0.3) is 0 Å². The van der Waals surface area contributed by atoms with Crippen LogP contribution >= 0.6 is 0 Å². The summed E-state index contributed by atoms with van der Waals surface area (Å²) in [6.45, 7) is 0. The van der Waals surface area contributed by atoms with Gasteiger partial charge in [-0.1, -0.05) is 18.2 Å². The third-order valence-corrected chi connectivity index (χ3v) is 3.44. The van der Waals surface area contributed by atoms with Crippen molar-refractivity contribution >= 4 is 0 Å². The minimum absolute atomic E-state index is 0.283. The molecule has 2 atom stereocenters. The second-order valence-electron chi connectivity index (χ2n) is 4.09. The molecule has 0 heterocycles. The average Bonchev–Trinajstić information content (AvgIpc) is 2.86. The van der Waals surface area contributed by atoms with Crippen LogP contribution in [-0.2, 0) is 0 Å². The summed E-state index contributed by atoms with van der Waals surface area (Å²) in [6.07, 6.45) is 3.16. The minimum Gasteiger partial charge on any atom is -0.496 e. The summed E-state index contributed by atoms with van der Waals surface area (Å²) in [7, 11) is 1.69. The van der Waals surface area contributed by atoms with Gasteiger partial charge in [-0.3, -0.25) is 0 Å². The molecule has 2 aliphatic rings. The number of rotatable bonds is 1. The molecule has 0 unspecified atom stereocenters. The third-order valence-electron chi connectivity index (χ3n) is 3.44. The Hall–Kier alpha value is -1.75. The first-order valence-corrected chi connectivity index (χ1v) is 5.13. The minimum atomic E-state index is 0.283. The van der Waals surface area contributed by atoms with Gasteiger partial charge < -0.3 is 4.74 Å². The van der Waals surface area contributed by atoms with Gasteiger partial charge in [-0.2, -0.15) is 5.26 Å². The molecule has 2 nitrogen and oxygen atoms in total. The number of hydrogen-bond donors (Lipinski definition) is 0. The van der Waals surface area contributed by atoms with E-state index in [4.69, 9.17) is 10.00 Å². The number of hydrogen-bond acceptors (Lipinski definition) is 2. The van der Waals surface area contributed by atoms with E-state index < -0.39 is 0 Å². The molecular formula is C13H11NO. The Labute approximate surface area is 88.8 Å². The molecular weight excluding hydrogens is 186 g/mol. The van der Waals surface area contributed by atoms with Crippen LogP contribution in [0.2, 0.25) is 0 Å². The van der Waals surface area contributed by atoms with Gasteiger partial charge in [0, 0.05) is 23.0 Å². The number of allylic oxidation sites excluding steroid dienone is 2. The van der Waals surface area contributed by atoms with Gasteiger partial charge in [-0.05, 0) is 18.1 Å². The molecule has 2 heteroatoms. The van der Waals surface area contributed by atoms with Crippen LogP contribution in [-0.4, -0.2) is 7.11 Å². The number of methoxy groups -OCH3 is 1. The van der Waals surface area contributed by atoms with Crippen molar-refractivity contribution in [3.05, 3.63) is 41.0 Å². The van der Waals surface area contributed by atoms with Gasteiger partial charge in [0.05, 0.1) is 13.2 Å². The zero-order valence-corrected chi connectivity index (χ0v) is 8.53. The van der Waals surface area contributed by atoms with E-state index in [1.807, 2.05) is 12.1 Å². The summed E-state index contributed by atoms with van der Waals surface area (Å²) >= 11 is 0. The van der Waals surface area contributed by atoms with Gasteiger partial charge in [0.25, 0.3) is 0 Å². The first-order chi connectivity index (χ1) is 7.35. The van der Waals surface area contributed by atoms with Crippen molar-refractivity contribution in [2.45, 2.75) is 18.3 Å². The molecule has 15 heavy (non-hydrogen) atoms. The van der Waals surface area contributed by atoms with Gasteiger partial charge >= 0.3 is 0 Å². The molecule has 0 spiro atoms. The van der Waals surface area contributed by atoms with E-state index in [9.17, 15) is 0 Å². The first kappa shape index (κ1) is 8.55.